The van der Waals surface area contributed by atoms with Gasteiger partial charge in [-0.05, 0) is 12.1 Å². The fourth-order valence-electron chi connectivity index (χ4n) is 1.52. The molecule has 3 heterocycles. The molecule has 0 saturated heterocycles. The third-order valence-corrected chi connectivity index (χ3v) is 2.31. The number of pyridine rings is 1. The van der Waals surface area contributed by atoms with Crippen LogP contribution in [-0.4, -0.2) is 24.9 Å². The highest BCUT2D eigenvalue weighted by Gasteiger charge is 2.09. The molecule has 18 heavy (non-hydrogen) atoms. The van der Waals surface area contributed by atoms with E-state index < -0.39 is 0 Å². The van der Waals surface area contributed by atoms with Crippen LogP contribution in [0.5, 0.6) is 0 Å². The number of hydrogen-bond donors (Lipinski definition) is 1. The first-order chi connectivity index (χ1) is 8.81. The maximum atomic E-state index is 5.57. The van der Waals surface area contributed by atoms with E-state index in [9.17, 15) is 0 Å². The number of aromatic nitrogens is 5. The van der Waals surface area contributed by atoms with Crippen molar-refractivity contribution in [1.82, 2.24) is 24.9 Å². The minimum Gasteiger partial charge on any atom is -0.396 e. The minimum atomic E-state index is 0.386. The Labute approximate surface area is 102 Å². The highest BCUT2D eigenvalue weighted by atomic mass is 16.5. The van der Waals surface area contributed by atoms with E-state index in [0.29, 0.717) is 29.6 Å². The number of rotatable bonds is 3. The zero-order chi connectivity index (χ0) is 12.4. The molecule has 0 aromatic carbocycles. The molecule has 2 N–H and O–H groups in total. The van der Waals surface area contributed by atoms with Crippen molar-refractivity contribution in [2.24, 2.45) is 0 Å². The average Bonchev–Trinajstić information content (AvgIpc) is 3.01. The molecule has 0 fully saturated rings. The first-order valence-corrected chi connectivity index (χ1v) is 5.33. The lowest BCUT2D eigenvalue weighted by Gasteiger charge is -1.93. The van der Waals surface area contributed by atoms with E-state index in [-0.39, 0.29) is 0 Å². The molecule has 0 amide bonds. The van der Waals surface area contributed by atoms with Gasteiger partial charge in [0.25, 0.3) is 0 Å². The van der Waals surface area contributed by atoms with Gasteiger partial charge in [-0.25, -0.2) is 0 Å². The van der Waals surface area contributed by atoms with Crippen LogP contribution in [0.25, 0.3) is 11.5 Å². The Bertz CT molecular complexity index is 644. The van der Waals surface area contributed by atoms with Crippen molar-refractivity contribution < 1.29 is 4.52 Å². The van der Waals surface area contributed by atoms with Crippen molar-refractivity contribution >= 4 is 5.69 Å². The number of anilines is 1. The Morgan fingerprint density at radius 1 is 1.33 bits per heavy atom. The van der Waals surface area contributed by atoms with Gasteiger partial charge in [-0.15, -0.1) is 0 Å². The second-order valence-electron chi connectivity index (χ2n) is 3.70. The predicted molar refractivity (Wildman–Crippen MR) is 63.3 cm³/mol. The summed E-state index contributed by atoms with van der Waals surface area (Å²) in [6.45, 7) is 0.386. The first kappa shape index (κ1) is 10.5. The monoisotopic (exact) mass is 242 g/mol. The van der Waals surface area contributed by atoms with Crippen molar-refractivity contribution in [2.45, 2.75) is 6.54 Å². The Morgan fingerprint density at radius 2 is 2.28 bits per heavy atom. The van der Waals surface area contributed by atoms with Crippen LogP contribution in [0.2, 0.25) is 0 Å². The fraction of sp³-hybridized carbons (Fsp3) is 0.0909. The van der Waals surface area contributed by atoms with Gasteiger partial charge in [0.15, 0.2) is 0 Å². The van der Waals surface area contributed by atoms with Crippen LogP contribution < -0.4 is 5.73 Å². The van der Waals surface area contributed by atoms with Crippen LogP contribution >= 0.6 is 0 Å². The lowest BCUT2D eigenvalue weighted by molar-refractivity contribution is 0.366. The normalized spacial score (nSPS) is 10.7. The summed E-state index contributed by atoms with van der Waals surface area (Å²) in [6, 6.07) is 5.52. The molecule has 0 radical (unpaired) electrons. The maximum absolute atomic E-state index is 5.57. The molecule has 0 bridgehead atoms. The van der Waals surface area contributed by atoms with E-state index in [4.69, 9.17) is 10.3 Å². The molecule has 0 saturated carbocycles. The van der Waals surface area contributed by atoms with E-state index in [1.54, 1.807) is 23.3 Å². The molecule has 0 spiro atoms. The van der Waals surface area contributed by atoms with Crippen molar-refractivity contribution in [3.8, 4) is 11.5 Å². The zero-order valence-corrected chi connectivity index (χ0v) is 9.39. The largest absolute Gasteiger partial charge is 0.396 e. The van der Waals surface area contributed by atoms with Gasteiger partial charge in [0.2, 0.25) is 11.7 Å². The molecule has 90 valence electrons. The summed E-state index contributed by atoms with van der Waals surface area (Å²) in [5, 5.41) is 7.91. The molecule has 0 unspecified atom stereocenters. The number of nitrogens with two attached hydrogens (primary N) is 1. The predicted octanol–water partition coefficient (Wildman–Crippen LogP) is 0.959. The topological polar surface area (TPSA) is 95.7 Å². The Hall–Kier alpha value is -2.70. The van der Waals surface area contributed by atoms with Gasteiger partial charge in [0.05, 0.1) is 11.9 Å². The van der Waals surface area contributed by atoms with Crippen LogP contribution in [0, 0.1) is 0 Å². The van der Waals surface area contributed by atoms with E-state index in [1.165, 1.54) is 0 Å². The van der Waals surface area contributed by atoms with Gasteiger partial charge in [0, 0.05) is 12.4 Å². The summed E-state index contributed by atoms with van der Waals surface area (Å²) in [5.41, 5.74) is 6.84. The van der Waals surface area contributed by atoms with Crippen molar-refractivity contribution in [3.05, 3.63) is 42.7 Å². The lowest BCUT2D eigenvalue weighted by Crippen LogP contribution is -2.00. The lowest BCUT2D eigenvalue weighted by atomic mass is 10.3. The Balaban J connectivity index is 1.82. The number of nitrogen functional groups attached to an aromatic ring is 1. The first-order valence-electron chi connectivity index (χ1n) is 5.33. The van der Waals surface area contributed by atoms with Crippen LogP contribution in [0.15, 0.2) is 41.3 Å². The van der Waals surface area contributed by atoms with Gasteiger partial charge in [-0.3, -0.25) is 9.67 Å². The molecule has 0 aliphatic heterocycles. The maximum Gasteiger partial charge on any atom is 0.248 e. The quantitative estimate of drug-likeness (QED) is 0.734. The average molecular weight is 242 g/mol. The minimum absolute atomic E-state index is 0.386. The van der Waals surface area contributed by atoms with Crippen LogP contribution in [-0.2, 0) is 6.54 Å². The Morgan fingerprint density at radius 3 is 3.00 bits per heavy atom. The van der Waals surface area contributed by atoms with Crippen LogP contribution in [0.1, 0.15) is 5.89 Å². The van der Waals surface area contributed by atoms with E-state index >= 15 is 0 Å². The molecule has 3 aromatic rings. The van der Waals surface area contributed by atoms with Gasteiger partial charge >= 0.3 is 0 Å². The zero-order valence-electron chi connectivity index (χ0n) is 9.39. The molecule has 0 aliphatic rings. The molecular formula is C11H10N6O. The summed E-state index contributed by atoms with van der Waals surface area (Å²) in [6.07, 6.45) is 4.94. The fourth-order valence-corrected chi connectivity index (χ4v) is 1.52. The molecule has 0 atom stereocenters. The number of nitrogens with zero attached hydrogens (tertiary/aromatic N) is 5. The molecule has 7 nitrogen and oxygen atoms in total. The Kier molecular flexibility index (Phi) is 2.49. The van der Waals surface area contributed by atoms with Gasteiger partial charge in [-0.1, -0.05) is 11.2 Å². The van der Waals surface area contributed by atoms with Crippen molar-refractivity contribution in [2.75, 3.05) is 5.73 Å². The molecule has 0 aliphatic carbocycles. The van der Waals surface area contributed by atoms with Gasteiger partial charge < -0.3 is 10.3 Å². The third kappa shape index (κ3) is 2.05. The number of hydrogen-bond acceptors (Lipinski definition) is 6. The smallest absolute Gasteiger partial charge is 0.248 e. The SMILES string of the molecule is Nc1cnn(Cc2nc(-c3ccccn3)no2)c1. The molecule has 3 aromatic heterocycles. The highest BCUT2D eigenvalue weighted by Crippen LogP contribution is 2.12. The van der Waals surface area contributed by atoms with Crippen LogP contribution in [0.4, 0.5) is 5.69 Å². The third-order valence-electron chi connectivity index (χ3n) is 2.31. The molecule has 3 rings (SSSR count). The summed E-state index contributed by atoms with van der Waals surface area (Å²) in [5.74, 6) is 0.921. The van der Waals surface area contributed by atoms with E-state index in [2.05, 4.69) is 20.2 Å². The standard InChI is InChI=1S/C11H10N6O/c12-8-5-14-17(6-8)7-10-15-11(16-18-10)9-3-1-2-4-13-9/h1-6H,7,12H2. The van der Waals surface area contributed by atoms with Crippen molar-refractivity contribution in [1.29, 1.82) is 0 Å². The summed E-state index contributed by atoms with van der Waals surface area (Å²) < 4.78 is 6.76. The van der Waals surface area contributed by atoms with Gasteiger partial charge in [0.1, 0.15) is 12.2 Å². The summed E-state index contributed by atoms with van der Waals surface area (Å²) in [4.78, 5) is 8.39. The van der Waals surface area contributed by atoms with E-state index in [1.807, 2.05) is 18.2 Å². The van der Waals surface area contributed by atoms with Gasteiger partial charge in [-0.2, -0.15) is 10.1 Å². The second-order valence-corrected chi connectivity index (χ2v) is 3.70. The summed E-state index contributed by atoms with van der Waals surface area (Å²) >= 11 is 0. The van der Waals surface area contributed by atoms with Crippen molar-refractivity contribution in [3.63, 3.8) is 0 Å². The molecular weight excluding hydrogens is 232 g/mol. The molecule has 7 heteroatoms. The summed E-state index contributed by atoms with van der Waals surface area (Å²) in [7, 11) is 0. The van der Waals surface area contributed by atoms with Crippen LogP contribution in [0.3, 0.4) is 0 Å². The highest BCUT2D eigenvalue weighted by molar-refractivity contribution is 5.47. The van der Waals surface area contributed by atoms with E-state index in [0.717, 1.165) is 0 Å². The second kappa shape index (κ2) is 4.28.